The Balaban J connectivity index is 3.22. The summed E-state index contributed by atoms with van der Waals surface area (Å²) in [5, 5.41) is 19.7. The molecule has 3 nitrogen and oxygen atoms in total. The van der Waals surface area contributed by atoms with Gasteiger partial charge in [-0.1, -0.05) is 47.6 Å². The summed E-state index contributed by atoms with van der Waals surface area (Å²) < 4.78 is 0. The van der Waals surface area contributed by atoms with Gasteiger partial charge in [-0.2, -0.15) is 0 Å². The number of aliphatic hydroxyl groups is 1. The van der Waals surface area contributed by atoms with Crippen molar-refractivity contribution in [3.63, 3.8) is 0 Å². The van der Waals surface area contributed by atoms with Crippen molar-refractivity contribution in [1.82, 2.24) is 0 Å². The highest BCUT2D eigenvalue weighted by molar-refractivity contribution is 5.84. The van der Waals surface area contributed by atoms with Crippen molar-refractivity contribution in [2.45, 2.75) is 59.9 Å². The summed E-state index contributed by atoms with van der Waals surface area (Å²) in [4.78, 5) is 4.47. The van der Waals surface area contributed by atoms with Crippen molar-refractivity contribution >= 4 is 6.21 Å². The van der Waals surface area contributed by atoms with Gasteiger partial charge < -0.3 is 10.2 Å². The first-order valence-corrected chi connectivity index (χ1v) is 7.45. The second-order valence-corrected chi connectivity index (χ2v) is 7.82. The number of phenolic OH excluding ortho intramolecular Hbond substituents is 1. The first-order valence-electron chi connectivity index (χ1n) is 7.45. The van der Waals surface area contributed by atoms with E-state index in [0.717, 1.165) is 11.1 Å². The third-order valence-electron chi connectivity index (χ3n) is 3.76. The summed E-state index contributed by atoms with van der Waals surface area (Å²) in [6.45, 7) is 14.5. The first kappa shape index (κ1) is 17.7. The van der Waals surface area contributed by atoms with Crippen LogP contribution in [0.4, 0.5) is 0 Å². The molecule has 118 valence electrons. The molecule has 3 heteroatoms. The molecular weight excluding hydrogens is 262 g/mol. The molecule has 0 saturated carbocycles. The third kappa shape index (κ3) is 4.57. The number of rotatable bonds is 3. The fourth-order valence-electron chi connectivity index (χ4n) is 2.05. The van der Waals surface area contributed by atoms with Crippen LogP contribution < -0.4 is 0 Å². The first-order chi connectivity index (χ1) is 9.46. The maximum atomic E-state index is 10.2. The van der Waals surface area contributed by atoms with Crippen LogP contribution in [0.2, 0.25) is 0 Å². The molecule has 1 aromatic rings. The molecule has 0 aliphatic rings. The molecule has 1 unspecified atom stereocenters. The van der Waals surface area contributed by atoms with Crippen molar-refractivity contribution in [2.24, 2.45) is 10.4 Å². The molecule has 1 aromatic carbocycles. The number of aryl methyl sites for hydroxylation is 1. The fourth-order valence-corrected chi connectivity index (χ4v) is 2.05. The molecule has 0 aromatic heterocycles. The number of aromatic hydroxyl groups is 1. The molecule has 0 bridgehead atoms. The topological polar surface area (TPSA) is 52.8 Å². The van der Waals surface area contributed by atoms with E-state index in [1.54, 1.807) is 6.21 Å². The smallest absolute Gasteiger partial charge is 0.127 e. The molecular formula is C18H29NO2. The average Bonchev–Trinajstić information content (AvgIpc) is 2.31. The summed E-state index contributed by atoms with van der Waals surface area (Å²) in [6, 6.07) is 3.80. The van der Waals surface area contributed by atoms with Crippen LogP contribution in [0.5, 0.6) is 5.75 Å². The van der Waals surface area contributed by atoms with Crippen molar-refractivity contribution in [2.75, 3.05) is 6.61 Å². The molecule has 1 atom stereocenters. The molecule has 0 aliphatic heterocycles. The highest BCUT2D eigenvalue weighted by Gasteiger charge is 2.23. The maximum absolute atomic E-state index is 10.2. The molecule has 0 saturated heterocycles. The van der Waals surface area contributed by atoms with Crippen LogP contribution in [-0.4, -0.2) is 29.1 Å². The third-order valence-corrected chi connectivity index (χ3v) is 3.76. The van der Waals surface area contributed by atoms with Gasteiger partial charge in [0.2, 0.25) is 0 Å². The molecule has 0 radical (unpaired) electrons. The van der Waals surface area contributed by atoms with Crippen molar-refractivity contribution in [3.8, 4) is 5.75 Å². The van der Waals surface area contributed by atoms with E-state index < -0.39 is 0 Å². The minimum Gasteiger partial charge on any atom is -0.507 e. The minimum atomic E-state index is -0.185. The van der Waals surface area contributed by atoms with Gasteiger partial charge in [-0.3, -0.25) is 4.99 Å². The molecule has 0 amide bonds. The molecule has 0 aliphatic carbocycles. The van der Waals surface area contributed by atoms with Gasteiger partial charge >= 0.3 is 0 Å². The normalized spacial score (nSPS) is 14.7. The quantitative estimate of drug-likeness (QED) is 0.832. The van der Waals surface area contributed by atoms with Gasteiger partial charge in [-0.25, -0.2) is 0 Å². The summed E-state index contributed by atoms with van der Waals surface area (Å²) in [5.74, 6) is 0.261. The van der Waals surface area contributed by atoms with Gasteiger partial charge in [0.25, 0.3) is 0 Å². The number of aliphatic imine (C=N–C) groups is 1. The number of hydrogen-bond donors (Lipinski definition) is 2. The van der Waals surface area contributed by atoms with Gasteiger partial charge in [0.15, 0.2) is 0 Å². The predicted molar refractivity (Wildman–Crippen MR) is 89.5 cm³/mol. The van der Waals surface area contributed by atoms with Crippen molar-refractivity contribution in [3.05, 3.63) is 28.8 Å². The van der Waals surface area contributed by atoms with Crippen LogP contribution >= 0.6 is 0 Å². The number of benzene rings is 1. The van der Waals surface area contributed by atoms with Crippen LogP contribution in [-0.2, 0) is 5.41 Å². The van der Waals surface area contributed by atoms with Crippen LogP contribution in [0.1, 0.15) is 58.2 Å². The maximum Gasteiger partial charge on any atom is 0.127 e. The number of nitrogens with zero attached hydrogens (tertiary/aromatic N) is 1. The van der Waals surface area contributed by atoms with E-state index in [4.69, 9.17) is 0 Å². The Bertz CT molecular complexity index is 519. The van der Waals surface area contributed by atoms with Gasteiger partial charge in [0.05, 0.1) is 12.6 Å². The average molecular weight is 291 g/mol. The van der Waals surface area contributed by atoms with Crippen LogP contribution in [0.25, 0.3) is 0 Å². The summed E-state index contributed by atoms with van der Waals surface area (Å²) in [5.41, 5.74) is 2.62. The summed E-state index contributed by atoms with van der Waals surface area (Å²) in [7, 11) is 0. The van der Waals surface area contributed by atoms with E-state index in [2.05, 4.69) is 25.8 Å². The highest BCUT2D eigenvalue weighted by Crippen LogP contribution is 2.30. The Labute approximate surface area is 128 Å². The zero-order valence-electron chi connectivity index (χ0n) is 14.4. The van der Waals surface area contributed by atoms with Gasteiger partial charge in [0.1, 0.15) is 5.75 Å². The lowest BCUT2D eigenvalue weighted by atomic mass is 9.85. The molecule has 0 heterocycles. The molecule has 1 rings (SSSR count). The lowest BCUT2D eigenvalue weighted by Crippen LogP contribution is -2.28. The van der Waals surface area contributed by atoms with Crippen LogP contribution in [0.3, 0.4) is 0 Å². The lowest BCUT2D eigenvalue weighted by Gasteiger charge is -2.25. The fraction of sp³-hybridized carbons (Fsp3) is 0.611. The van der Waals surface area contributed by atoms with Crippen molar-refractivity contribution < 1.29 is 10.2 Å². The number of phenols is 1. The Morgan fingerprint density at radius 1 is 1.14 bits per heavy atom. The van der Waals surface area contributed by atoms with E-state index in [1.807, 2.05) is 39.8 Å². The van der Waals surface area contributed by atoms with E-state index in [9.17, 15) is 10.2 Å². The van der Waals surface area contributed by atoms with Crippen molar-refractivity contribution in [1.29, 1.82) is 0 Å². The van der Waals surface area contributed by atoms with Gasteiger partial charge in [0, 0.05) is 11.8 Å². The van der Waals surface area contributed by atoms with Crippen LogP contribution in [0.15, 0.2) is 17.1 Å². The SMILES string of the molecule is Cc1cc(C(C)(C)C)cc(/C=N/C(CO)C(C)(C)C)c1O. The second kappa shape index (κ2) is 6.18. The monoisotopic (exact) mass is 291 g/mol. The van der Waals surface area contributed by atoms with E-state index in [1.165, 1.54) is 0 Å². The van der Waals surface area contributed by atoms with E-state index in [-0.39, 0.29) is 29.2 Å². The van der Waals surface area contributed by atoms with Gasteiger partial charge in [-0.15, -0.1) is 0 Å². The Hall–Kier alpha value is -1.35. The minimum absolute atomic E-state index is 0.00128. The summed E-state index contributed by atoms with van der Waals surface area (Å²) in [6.07, 6.45) is 1.68. The number of hydrogen-bond acceptors (Lipinski definition) is 3. The molecule has 0 spiro atoms. The van der Waals surface area contributed by atoms with Crippen LogP contribution in [0, 0.1) is 12.3 Å². The Morgan fingerprint density at radius 3 is 2.14 bits per heavy atom. The number of aliphatic hydroxyl groups excluding tert-OH is 1. The molecule has 0 fully saturated rings. The van der Waals surface area contributed by atoms with E-state index in [0.29, 0.717) is 5.56 Å². The van der Waals surface area contributed by atoms with Gasteiger partial charge in [-0.05, 0) is 34.9 Å². The zero-order chi connectivity index (χ0) is 16.4. The largest absolute Gasteiger partial charge is 0.507 e. The lowest BCUT2D eigenvalue weighted by molar-refractivity contribution is 0.191. The Kier molecular flexibility index (Phi) is 5.21. The highest BCUT2D eigenvalue weighted by atomic mass is 16.3. The van der Waals surface area contributed by atoms with E-state index >= 15 is 0 Å². The zero-order valence-corrected chi connectivity index (χ0v) is 14.4. The second-order valence-electron chi connectivity index (χ2n) is 7.82. The summed E-state index contributed by atoms with van der Waals surface area (Å²) >= 11 is 0. The predicted octanol–water partition coefficient (Wildman–Crippen LogP) is 3.82. The standard InChI is InChI=1S/C18H29NO2/c1-12-8-14(17(2,3)4)9-13(16(12)21)10-19-15(11-20)18(5,6)7/h8-10,15,20-21H,11H2,1-7H3/b19-10+. The molecule has 21 heavy (non-hydrogen) atoms. The Morgan fingerprint density at radius 2 is 1.71 bits per heavy atom. The molecule has 2 N–H and O–H groups in total.